The van der Waals surface area contributed by atoms with Crippen molar-refractivity contribution < 1.29 is 4.79 Å². The highest BCUT2D eigenvalue weighted by Crippen LogP contribution is 2.32. The monoisotopic (exact) mass is 374 g/mol. The first-order chi connectivity index (χ1) is 12.0. The molecule has 0 fully saturated rings. The zero-order chi connectivity index (χ0) is 18.1. The Morgan fingerprint density at radius 3 is 2.40 bits per heavy atom. The number of nitrogens with one attached hydrogen (secondary N) is 1. The predicted molar refractivity (Wildman–Crippen MR) is 106 cm³/mol. The van der Waals surface area contributed by atoms with Crippen LogP contribution >= 0.6 is 23.2 Å². The molecule has 0 aliphatic rings. The SMILES string of the molecule is CCc1ccc2c(c1)c(C)c(C(=O)Nc1c(Cl)cccc1Cl)n2CC. The van der Waals surface area contributed by atoms with Crippen molar-refractivity contribution in [1.82, 2.24) is 4.57 Å². The zero-order valence-corrected chi connectivity index (χ0v) is 16.0. The van der Waals surface area contributed by atoms with Gasteiger partial charge in [0.05, 0.1) is 15.7 Å². The van der Waals surface area contributed by atoms with Gasteiger partial charge in [-0.3, -0.25) is 4.79 Å². The van der Waals surface area contributed by atoms with E-state index >= 15 is 0 Å². The molecule has 0 aliphatic carbocycles. The molecule has 0 saturated heterocycles. The molecule has 25 heavy (non-hydrogen) atoms. The molecule has 130 valence electrons. The summed E-state index contributed by atoms with van der Waals surface area (Å²) in [6, 6.07) is 11.5. The molecule has 5 heteroatoms. The third kappa shape index (κ3) is 3.14. The number of fused-ring (bicyclic) bond motifs is 1. The second kappa shape index (κ2) is 7.11. The third-order valence-corrected chi connectivity index (χ3v) is 5.15. The number of aryl methyl sites for hydroxylation is 3. The van der Waals surface area contributed by atoms with Crippen LogP contribution < -0.4 is 5.32 Å². The largest absolute Gasteiger partial charge is 0.337 e. The smallest absolute Gasteiger partial charge is 0.272 e. The molecule has 1 N–H and O–H groups in total. The van der Waals surface area contributed by atoms with Gasteiger partial charge in [-0.05, 0) is 55.7 Å². The fourth-order valence-corrected chi connectivity index (χ4v) is 3.69. The summed E-state index contributed by atoms with van der Waals surface area (Å²) in [5.74, 6) is -0.205. The van der Waals surface area contributed by atoms with Gasteiger partial charge in [0, 0.05) is 17.4 Å². The van der Waals surface area contributed by atoms with Crippen LogP contribution in [0.1, 0.15) is 35.5 Å². The van der Waals surface area contributed by atoms with Crippen LogP contribution in [0, 0.1) is 6.92 Å². The Bertz CT molecular complexity index is 940. The number of nitrogens with zero attached hydrogens (tertiary/aromatic N) is 1. The Hall–Kier alpha value is -1.97. The lowest BCUT2D eigenvalue weighted by molar-refractivity contribution is 0.101. The molecule has 1 amide bonds. The molecule has 1 heterocycles. The molecule has 0 bridgehead atoms. The fraction of sp³-hybridized carbons (Fsp3) is 0.250. The Morgan fingerprint density at radius 1 is 1.12 bits per heavy atom. The number of benzene rings is 2. The van der Waals surface area contributed by atoms with Gasteiger partial charge >= 0.3 is 0 Å². The van der Waals surface area contributed by atoms with E-state index in [1.807, 2.05) is 18.4 Å². The molecule has 0 aliphatic heterocycles. The molecular weight excluding hydrogens is 355 g/mol. The van der Waals surface area contributed by atoms with Gasteiger partial charge in [-0.15, -0.1) is 0 Å². The summed E-state index contributed by atoms with van der Waals surface area (Å²) in [4.78, 5) is 13.0. The van der Waals surface area contributed by atoms with Gasteiger partial charge in [0.15, 0.2) is 0 Å². The van der Waals surface area contributed by atoms with Gasteiger partial charge in [-0.2, -0.15) is 0 Å². The quantitative estimate of drug-likeness (QED) is 0.588. The van der Waals surface area contributed by atoms with Crippen molar-refractivity contribution in [2.75, 3.05) is 5.32 Å². The molecule has 0 saturated carbocycles. The minimum absolute atomic E-state index is 0.205. The number of rotatable bonds is 4. The second-order valence-corrected chi connectivity index (χ2v) is 6.79. The average molecular weight is 375 g/mol. The van der Waals surface area contributed by atoms with Crippen LogP contribution in [-0.4, -0.2) is 10.5 Å². The summed E-state index contributed by atoms with van der Waals surface area (Å²) in [6.07, 6.45) is 0.962. The first-order valence-corrected chi connectivity index (χ1v) is 9.10. The van der Waals surface area contributed by atoms with Crippen LogP contribution in [0.4, 0.5) is 5.69 Å². The van der Waals surface area contributed by atoms with Gasteiger partial charge in [-0.1, -0.05) is 42.3 Å². The van der Waals surface area contributed by atoms with E-state index in [2.05, 4.69) is 30.4 Å². The van der Waals surface area contributed by atoms with E-state index in [-0.39, 0.29) is 5.91 Å². The topological polar surface area (TPSA) is 34.0 Å². The summed E-state index contributed by atoms with van der Waals surface area (Å²) in [7, 11) is 0. The van der Waals surface area contributed by atoms with Gasteiger partial charge in [0.1, 0.15) is 5.69 Å². The molecule has 3 aromatic rings. The number of amides is 1. The standard InChI is InChI=1S/C20H20Cl2N2O/c1-4-13-9-10-17-14(11-13)12(3)19(24(17)5-2)20(25)23-18-15(21)7-6-8-16(18)22/h6-11H,4-5H2,1-3H3,(H,23,25). The minimum atomic E-state index is -0.205. The van der Waals surface area contributed by atoms with E-state index in [9.17, 15) is 4.79 Å². The minimum Gasteiger partial charge on any atom is -0.337 e. The third-order valence-electron chi connectivity index (χ3n) is 4.52. The van der Waals surface area contributed by atoms with E-state index in [4.69, 9.17) is 23.2 Å². The first-order valence-electron chi connectivity index (χ1n) is 8.35. The number of carbonyl (C=O) groups is 1. The molecule has 0 unspecified atom stereocenters. The number of hydrogen-bond donors (Lipinski definition) is 1. The number of anilines is 1. The highest BCUT2D eigenvalue weighted by molar-refractivity contribution is 6.40. The number of carbonyl (C=O) groups excluding carboxylic acids is 1. The fourth-order valence-electron chi connectivity index (χ4n) is 3.20. The zero-order valence-electron chi connectivity index (χ0n) is 14.5. The Kier molecular flexibility index (Phi) is 5.07. The molecule has 3 nitrogen and oxygen atoms in total. The van der Waals surface area contributed by atoms with Crippen molar-refractivity contribution in [3.8, 4) is 0 Å². The summed E-state index contributed by atoms with van der Waals surface area (Å²) < 4.78 is 2.03. The molecule has 0 atom stereocenters. The van der Waals surface area contributed by atoms with E-state index < -0.39 is 0 Å². The van der Waals surface area contributed by atoms with Crippen LogP contribution in [0.2, 0.25) is 10.0 Å². The van der Waals surface area contributed by atoms with Crippen LogP contribution in [0.15, 0.2) is 36.4 Å². The lowest BCUT2D eigenvalue weighted by atomic mass is 10.1. The molecule has 2 aromatic carbocycles. The number of aromatic nitrogens is 1. The lowest BCUT2D eigenvalue weighted by Crippen LogP contribution is -2.18. The van der Waals surface area contributed by atoms with Crippen LogP contribution in [0.3, 0.4) is 0 Å². The maximum absolute atomic E-state index is 13.0. The first kappa shape index (κ1) is 17.8. The Labute approximate surface area is 157 Å². The highest BCUT2D eigenvalue weighted by Gasteiger charge is 2.21. The van der Waals surface area contributed by atoms with Gasteiger partial charge in [0.25, 0.3) is 5.91 Å². The molecule has 3 rings (SSSR count). The van der Waals surface area contributed by atoms with Crippen molar-refractivity contribution in [3.63, 3.8) is 0 Å². The van der Waals surface area contributed by atoms with Crippen LogP contribution in [0.25, 0.3) is 10.9 Å². The lowest BCUT2D eigenvalue weighted by Gasteiger charge is -2.12. The van der Waals surface area contributed by atoms with Gasteiger partial charge in [-0.25, -0.2) is 0 Å². The van der Waals surface area contributed by atoms with Crippen molar-refractivity contribution in [2.45, 2.75) is 33.7 Å². The predicted octanol–water partition coefficient (Wildman–Crippen LogP) is 6.09. The van der Waals surface area contributed by atoms with Gasteiger partial charge in [0.2, 0.25) is 0 Å². The van der Waals surface area contributed by atoms with E-state index in [1.54, 1.807) is 18.2 Å². The van der Waals surface area contributed by atoms with Gasteiger partial charge < -0.3 is 9.88 Å². The summed E-state index contributed by atoms with van der Waals surface area (Å²) in [5.41, 5.74) is 4.37. The Morgan fingerprint density at radius 2 is 1.80 bits per heavy atom. The highest BCUT2D eigenvalue weighted by atomic mass is 35.5. The summed E-state index contributed by atoms with van der Waals surface area (Å²) in [6.45, 7) is 6.85. The number of hydrogen-bond acceptors (Lipinski definition) is 1. The van der Waals surface area contributed by atoms with E-state index in [1.165, 1.54) is 5.56 Å². The number of halogens is 2. The Balaban J connectivity index is 2.11. The maximum Gasteiger partial charge on any atom is 0.272 e. The average Bonchev–Trinajstić information content (AvgIpc) is 2.89. The second-order valence-electron chi connectivity index (χ2n) is 5.97. The molecule has 1 aromatic heterocycles. The van der Waals surface area contributed by atoms with Crippen molar-refractivity contribution >= 4 is 45.7 Å². The van der Waals surface area contributed by atoms with Crippen LogP contribution in [-0.2, 0) is 13.0 Å². The van der Waals surface area contributed by atoms with Crippen molar-refractivity contribution in [2.24, 2.45) is 0 Å². The van der Waals surface area contributed by atoms with Crippen LogP contribution in [0.5, 0.6) is 0 Å². The van der Waals surface area contributed by atoms with Crippen molar-refractivity contribution in [3.05, 3.63) is 63.3 Å². The molecular formula is C20H20Cl2N2O. The van der Waals surface area contributed by atoms with Crippen molar-refractivity contribution in [1.29, 1.82) is 0 Å². The van der Waals surface area contributed by atoms with E-state index in [0.29, 0.717) is 28.0 Å². The summed E-state index contributed by atoms with van der Waals surface area (Å²) in [5, 5.41) is 4.83. The molecule has 0 radical (unpaired) electrons. The summed E-state index contributed by atoms with van der Waals surface area (Å²) >= 11 is 12.4. The molecule has 0 spiro atoms. The van der Waals surface area contributed by atoms with E-state index in [0.717, 1.165) is 22.9 Å². The normalized spacial score (nSPS) is 11.1. The maximum atomic E-state index is 13.0. The number of para-hydroxylation sites is 1.